The third-order valence-electron chi connectivity index (χ3n) is 4.10. The van der Waals surface area contributed by atoms with E-state index in [2.05, 4.69) is 5.32 Å². The lowest BCUT2D eigenvalue weighted by Gasteiger charge is -2.22. The van der Waals surface area contributed by atoms with Gasteiger partial charge in [0.15, 0.2) is 0 Å². The Hall–Kier alpha value is -2.05. The smallest absolute Gasteiger partial charge is 0.348 e. The highest BCUT2D eigenvalue weighted by molar-refractivity contribution is 5.85. The van der Waals surface area contributed by atoms with Gasteiger partial charge in [0.1, 0.15) is 0 Å². The second-order valence-electron chi connectivity index (χ2n) is 6.04. The van der Waals surface area contributed by atoms with Crippen molar-refractivity contribution in [2.24, 2.45) is 0 Å². The van der Waals surface area contributed by atoms with Crippen LogP contribution in [0.1, 0.15) is 49.8 Å². The van der Waals surface area contributed by atoms with Crippen LogP contribution in [0.4, 0.5) is 13.2 Å². The largest absolute Gasteiger partial charge is 0.416 e. The first-order valence-electron chi connectivity index (χ1n) is 8.01. The molecule has 1 heterocycles. The van der Waals surface area contributed by atoms with Crippen LogP contribution in [-0.4, -0.2) is 29.8 Å². The molecule has 1 N–H and O–H groups in total. The van der Waals surface area contributed by atoms with E-state index in [0.717, 1.165) is 31.4 Å². The average molecular weight is 342 g/mol. The minimum absolute atomic E-state index is 0.0469. The van der Waals surface area contributed by atoms with Gasteiger partial charge in [-0.25, -0.2) is 0 Å². The van der Waals surface area contributed by atoms with Gasteiger partial charge in [0, 0.05) is 13.0 Å². The lowest BCUT2D eigenvalue weighted by molar-refractivity contribution is -0.137. The van der Waals surface area contributed by atoms with E-state index in [1.807, 2.05) is 0 Å². The van der Waals surface area contributed by atoms with Crippen LogP contribution in [0, 0.1) is 0 Å². The van der Waals surface area contributed by atoms with Crippen molar-refractivity contribution >= 4 is 11.8 Å². The highest BCUT2D eigenvalue weighted by Crippen LogP contribution is 2.30. The van der Waals surface area contributed by atoms with Crippen LogP contribution < -0.4 is 5.32 Å². The molecule has 1 atom stereocenters. The molecule has 0 bridgehead atoms. The molecule has 0 aromatic heterocycles. The van der Waals surface area contributed by atoms with E-state index >= 15 is 0 Å². The summed E-state index contributed by atoms with van der Waals surface area (Å²) >= 11 is 0. The predicted molar refractivity (Wildman–Crippen MR) is 83.0 cm³/mol. The first-order valence-corrected chi connectivity index (χ1v) is 8.01. The summed E-state index contributed by atoms with van der Waals surface area (Å²) in [6, 6.07) is 4.31. The number of hydrogen-bond acceptors (Lipinski definition) is 2. The molecule has 1 aliphatic heterocycles. The zero-order valence-electron chi connectivity index (χ0n) is 13.5. The Morgan fingerprint density at radius 1 is 1.29 bits per heavy atom. The van der Waals surface area contributed by atoms with Crippen LogP contribution in [0.25, 0.3) is 0 Å². The van der Waals surface area contributed by atoms with Crippen LogP contribution in [0.5, 0.6) is 0 Å². The number of hydrogen-bond donors (Lipinski definition) is 1. The van der Waals surface area contributed by atoms with Crippen molar-refractivity contribution in [2.75, 3.05) is 13.1 Å². The van der Waals surface area contributed by atoms with Gasteiger partial charge in [0.2, 0.25) is 11.8 Å². The monoisotopic (exact) mass is 342 g/mol. The lowest BCUT2D eigenvalue weighted by atomic mass is 10.0. The Morgan fingerprint density at radius 2 is 2.04 bits per heavy atom. The molecule has 132 valence electrons. The van der Waals surface area contributed by atoms with Crippen molar-refractivity contribution < 1.29 is 22.8 Å². The van der Waals surface area contributed by atoms with Crippen LogP contribution >= 0.6 is 0 Å². The number of carbonyl (C=O) groups excluding carboxylic acids is 2. The molecule has 4 nitrogen and oxygen atoms in total. The molecular weight excluding hydrogens is 321 g/mol. The summed E-state index contributed by atoms with van der Waals surface area (Å²) < 4.78 is 38.3. The van der Waals surface area contributed by atoms with E-state index in [0.29, 0.717) is 18.5 Å². The molecule has 1 aromatic carbocycles. The Morgan fingerprint density at radius 3 is 2.75 bits per heavy atom. The van der Waals surface area contributed by atoms with Gasteiger partial charge in [-0.2, -0.15) is 13.2 Å². The van der Waals surface area contributed by atoms with Crippen LogP contribution in [0.15, 0.2) is 24.3 Å². The second-order valence-corrected chi connectivity index (χ2v) is 6.04. The molecule has 1 aliphatic rings. The van der Waals surface area contributed by atoms with E-state index in [1.54, 1.807) is 6.92 Å². The predicted octanol–water partition coefficient (Wildman–Crippen LogP) is 3.29. The number of nitrogens with zero attached hydrogens (tertiary/aromatic N) is 1. The van der Waals surface area contributed by atoms with Gasteiger partial charge in [0.05, 0.1) is 18.2 Å². The summed E-state index contributed by atoms with van der Waals surface area (Å²) in [5.74, 6) is -0.412. The maximum atomic E-state index is 12.8. The summed E-state index contributed by atoms with van der Waals surface area (Å²) in [4.78, 5) is 25.5. The van der Waals surface area contributed by atoms with Gasteiger partial charge < -0.3 is 10.2 Å². The van der Waals surface area contributed by atoms with Crippen molar-refractivity contribution in [3.63, 3.8) is 0 Å². The number of nitrogens with one attached hydrogen (secondary N) is 1. The molecule has 0 unspecified atom stereocenters. The highest BCUT2D eigenvalue weighted by atomic mass is 19.4. The lowest BCUT2D eigenvalue weighted by Crippen LogP contribution is -2.41. The van der Waals surface area contributed by atoms with Gasteiger partial charge in [-0.15, -0.1) is 0 Å². The third kappa shape index (κ3) is 4.97. The van der Waals surface area contributed by atoms with Gasteiger partial charge >= 0.3 is 6.18 Å². The quantitative estimate of drug-likeness (QED) is 0.913. The van der Waals surface area contributed by atoms with E-state index in [1.165, 1.54) is 17.0 Å². The summed E-state index contributed by atoms with van der Waals surface area (Å²) in [7, 11) is 0. The van der Waals surface area contributed by atoms with E-state index in [9.17, 15) is 22.8 Å². The van der Waals surface area contributed by atoms with Crippen molar-refractivity contribution in [3.05, 3.63) is 35.4 Å². The Kier molecular flexibility index (Phi) is 5.85. The molecule has 0 aliphatic carbocycles. The highest BCUT2D eigenvalue weighted by Gasteiger charge is 2.30. The van der Waals surface area contributed by atoms with E-state index in [4.69, 9.17) is 0 Å². The maximum absolute atomic E-state index is 12.8. The number of halogens is 3. The summed E-state index contributed by atoms with van der Waals surface area (Å²) in [6.07, 6.45) is -1.32. The Labute approximate surface area is 139 Å². The zero-order valence-corrected chi connectivity index (χ0v) is 13.5. The summed E-state index contributed by atoms with van der Waals surface area (Å²) in [5, 5.41) is 2.66. The number of likely N-dealkylation sites (tertiary alicyclic amines) is 1. The average Bonchev–Trinajstić information content (AvgIpc) is 2.71. The van der Waals surface area contributed by atoms with Crippen LogP contribution in [-0.2, 0) is 15.8 Å². The summed E-state index contributed by atoms with van der Waals surface area (Å²) in [6.45, 7) is 2.12. The van der Waals surface area contributed by atoms with E-state index in [-0.39, 0.29) is 18.4 Å². The maximum Gasteiger partial charge on any atom is 0.416 e. The van der Waals surface area contributed by atoms with Crippen LogP contribution in [0.3, 0.4) is 0 Å². The van der Waals surface area contributed by atoms with Crippen molar-refractivity contribution in [1.82, 2.24) is 10.2 Å². The Bertz CT molecular complexity index is 602. The number of amides is 2. The molecule has 2 amide bonds. The van der Waals surface area contributed by atoms with Crippen LogP contribution in [0.2, 0.25) is 0 Å². The van der Waals surface area contributed by atoms with Gasteiger partial charge in [0.25, 0.3) is 0 Å². The summed E-state index contributed by atoms with van der Waals surface area (Å²) in [5.41, 5.74) is -0.371. The molecule has 0 saturated carbocycles. The standard InChI is InChI=1S/C17H21F3N2O2/c1-12(13-6-5-7-14(10-13)17(18,19)20)21-15(23)11-22-9-4-2-3-8-16(22)24/h5-7,10,12H,2-4,8-9,11H2,1H3,(H,21,23)/t12-/m1/s1. The van der Waals surface area contributed by atoms with Crippen molar-refractivity contribution in [1.29, 1.82) is 0 Å². The normalized spacial score (nSPS) is 17.3. The van der Waals surface area contributed by atoms with Gasteiger partial charge in [-0.3, -0.25) is 9.59 Å². The fourth-order valence-electron chi connectivity index (χ4n) is 2.73. The van der Waals surface area contributed by atoms with E-state index < -0.39 is 17.8 Å². The molecule has 0 spiro atoms. The molecule has 0 radical (unpaired) electrons. The molecule has 1 aromatic rings. The topological polar surface area (TPSA) is 49.4 Å². The molecular formula is C17H21F3N2O2. The number of benzene rings is 1. The SMILES string of the molecule is C[C@@H](NC(=O)CN1CCCCCC1=O)c1cccc(C(F)(F)F)c1. The minimum Gasteiger partial charge on any atom is -0.348 e. The van der Waals surface area contributed by atoms with Gasteiger partial charge in [-0.05, 0) is 37.5 Å². The first kappa shape index (κ1) is 18.3. The minimum atomic E-state index is -4.42. The zero-order chi connectivity index (χ0) is 17.7. The fraction of sp³-hybridized carbons (Fsp3) is 0.529. The number of carbonyl (C=O) groups is 2. The molecule has 1 saturated heterocycles. The molecule has 1 fully saturated rings. The van der Waals surface area contributed by atoms with Crippen molar-refractivity contribution in [2.45, 2.75) is 44.8 Å². The number of alkyl halides is 3. The van der Waals surface area contributed by atoms with Crippen molar-refractivity contribution in [3.8, 4) is 0 Å². The molecule has 2 rings (SSSR count). The molecule has 7 heteroatoms. The Balaban J connectivity index is 1.97. The second kappa shape index (κ2) is 7.68. The van der Waals surface area contributed by atoms with Gasteiger partial charge in [-0.1, -0.05) is 18.6 Å². The molecule has 24 heavy (non-hydrogen) atoms. The first-order chi connectivity index (χ1) is 11.3. The third-order valence-corrected chi connectivity index (χ3v) is 4.10. The fourth-order valence-corrected chi connectivity index (χ4v) is 2.73. The number of rotatable bonds is 4.